The minimum Gasteiger partial charge on any atom is -0.332 e. The largest absolute Gasteiger partial charge is 0.332 e. The zero-order chi connectivity index (χ0) is 22.1. The number of carbonyl (C=O) groups excluding carboxylic acids is 2. The molecule has 162 valence electrons. The SMILES string of the molecule is CCCCN(CC(=O)N(Cc1ccccc1)Cc1ccc(C)s1)C(=O)c1ccccc1. The van der Waals surface area contributed by atoms with Crippen LogP contribution in [0.3, 0.4) is 0 Å². The molecule has 3 aromatic rings. The second kappa shape index (κ2) is 11.5. The van der Waals surface area contributed by atoms with Gasteiger partial charge in [0, 0.05) is 28.4 Å². The van der Waals surface area contributed by atoms with E-state index in [1.165, 1.54) is 4.88 Å². The van der Waals surface area contributed by atoms with Crippen molar-refractivity contribution in [2.45, 2.75) is 39.8 Å². The van der Waals surface area contributed by atoms with Crippen molar-refractivity contribution in [1.82, 2.24) is 9.80 Å². The predicted molar refractivity (Wildman–Crippen MR) is 127 cm³/mol. The molecule has 0 radical (unpaired) electrons. The van der Waals surface area contributed by atoms with Gasteiger partial charge in [-0.25, -0.2) is 0 Å². The molecule has 1 aromatic heterocycles. The molecule has 0 fully saturated rings. The van der Waals surface area contributed by atoms with Crippen molar-refractivity contribution in [2.24, 2.45) is 0 Å². The summed E-state index contributed by atoms with van der Waals surface area (Å²) in [6.07, 6.45) is 1.84. The number of hydrogen-bond donors (Lipinski definition) is 0. The number of aryl methyl sites for hydroxylation is 1. The number of benzene rings is 2. The molecule has 0 N–H and O–H groups in total. The van der Waals surface area contributed by atoms with Gasteiger partial charge in [-0.05, 0) is 43.2 Å². The molecule has 3 rings (SSSR count). The van der Waals surface area contributed by atoms with Crippen molar-refractivity contribution in [2.75, 3.05) is 13.1 Å². The van der Waals surface area contributed by atoms with E-state index in [1.807, 2.05) is 65.6 Å². The van der Waals surface area contributed by atoms with E-state index in [0.29, 0.717) is 25.2 Å². The van der Waals surface area contributed by atoms with Gasteiger partial charge in [0.1, 0.15) is 6.54 Å². The van der Waals surface area contributed by atoms with E-state index in [4.69, 9.17) is 0 Å². The zero-order valence-corrected chi connectivity index (χ0v) is 19.1. The van der Waals surface area contributed by atoms with E-state index in [-0.39, 0.29) is 18.4 Å². The number of hydrogen-bond acceptors (Lipinski definition) is 3. The highest BCUT2D eigenvalue weighted by Gasteiger charge is 2.22. The maximum absolute atomic E-state index is 13.4. The first-order valence-electron chi connectivity index (χ1n) is 10.8. The van der Waals surface area contributed by atoms with Crippen LogP contribution in [0.4, 0.5) is 0 Å². The summed E-state index contributed by atoms with van der Waals surface area (Å²) in [6, 6.07) is 23.4. The lowest BCUT2D eigenvalue weighted by atomic mass is 10.1. The molecular formula is C26H30N2O2S. The van der Waals surface area contributed by atoms with Crippen molar-refractivity contribution < 1.29 is 9.59 Å². The molecule has 0 saturated carbocycles. The molecule has 0 spiro atoms. The normalized spacial score (nSPS) is 10.6. The molecule has 4 nitrogen and oxygen atoms in total. The van der Waals surface area contributed by atoms with Crippen LogP contribution in [-0.2, 0) is 17.9 Å². The van der Waals surface area contributed by atoms with Gasteiger partial charge < -0.3 is 9.80 Å². The second-order valence-corrected chi connectivity index (χ2v) is 9.07. The van der Waals surface area contributed by atoms with Gasteiger partial charge in [-0.2, -0.15) is 0 Å². The van der Waals surface area contributed by atoms with E-state index in [9.17, 15) is 9.59 Å². The molecule has 2 amide bonds. The minimum absolute atomic E-state index is 0.0321. The summed E-state index contributed by atoms with van der Waals surface area (Å²) in [5.74, 6) is -0.121. The molecule has 0 atom stereocenters. The van der Waals surface area contributed by atoms with E-state index in [0.717, 1.165) is 23.3 Å². The Kier molecular flexibility index (Phi) is 8.42. The van der Waals surface area contributed by atoms with Gasteiger partial charge in [-0.3, -0.25) is 9.59 Å². The molecule has 0 saturated heterocycles. The van der Waals surface area contributed by atoms with E-state index in [1.54, 1.807) is 16.2 Å². The molecule has 0 unspecified atom stereocenters. The summed E-state index contributed by atoms with van der Waals surface area (Å²) in [5, 5.41) is 0. The van der Waals surface area contributed by atoms with Gasteiger partial charge >= 0.3 is 0 Å². The Bertz CT molecular complexity index is 969. The maximum atomic E-state index is 13.4. The predicted octanol–water partition coefficient (Wildman–Crippen LogP) is 5.53. The third kappa shape index (κ3) is 6.79. The molecule has 31 heavy (non-hydrogen) atoms. The summed E-state index contributed by atoms with van der Waals surface area (Å²) in [6.45, 7) is 5.90. The van der Waals surface area contributed by atoms with Gasteiger partial charge in [-0.1, -0.05) is 61.9 Å². The van der Waals surface area contributed by atoms with Crippen molar-refractivity contribution in [1.29, 1.82) is 0 Å². The highest BCUT2D eigenvalue weighted by molar-refractivity contribution is 7.11. The van der Waals surface area contributed by atoms with Crippen molar-refractivity contribution in [3.8, 4) is 0 Å². The topological polar surface area (TPSA) is 40.6 Å². The Morgan fingerprint density at radius 2 is 1.52 bits per heavy atom. The van der Waals surface area contributed by atoms with Crippen LogP contribution >= 0.6 is 11.3 Å². The quantitative estimate of drug-likeness (QED) is 0.421. The van der Waals surface area contributed by atoms with Crippen LogP contribution in [0, 0.1) is 6.92 Å². The number of carbonyl (C=O) groups is 2. The van der Waals surface area contributed by atoms with Crippen LogP contribution in [0.1, 0.15) is 45.4 Å². The van der Waals surface area contributed by atoms with Gasteiger partial charge in [0.15, 0.2) is 0 Å². The van der Waals surface area contributed by atoms with Gasteiger partial charge in [-0.15, -0.1) is 11.3 Å². The molecule has 0 bridgehead atoms. The Hall–Kier alpha value is -2.92. The smallest absolute Gasteiger partial charge is 0.254 e. The summed E-state index contributed by atoms with van der Waals surface area (Å²) < 4.78 is 0. The minimum atomic E-state index is -0.0889. The van der Waals surface area contributed by atoms with Crippen LogP contribution in [0.25, 0.3) is 0 Å². The molecule has 0 aliphatic rings. The van der Waals surface area contributed by atoms with Crippen LogP contribution < -0.4 is 0 Å². The maximum Gasteiger partial charge on any atom is 0.254 e. The van der Waals surface area contributed by atoms with Crippen LogP contribution in [0.5, 0.6) is 0 Å². The lowest BCUT2D eigenvalue weighted by Gasteiger charge is -2.28. The number of rotatable bonds is 10. The fourth-order valence-electron chi connectivity index (χ4n) is 3.42. The summed E-state index contributed by atoms with van der Waals surface area (Å²) in [4.78, 5) is 32.4. The molecular weight excluding hydrogens is 404 g/mol. The highest BCUT2D eigenvalue weighted by atomic mass is 32.1. The third-order valence-electron chi connectivity index (χ3n) is 5.13. The second-order valence-electron chi connectivity index (χ2n) is 7.69. The molecule has 2 aromatic carbocycles. The first kappa shape index (κ1) is 22.8. The number of thiophene rings is 1. The van der Waals surface area contributed by atoms with Crippen molar-refractivity contribution in [3.05, 3.63) is 93.7 Å². The van der Waals surface area contributed by atoms with Gasteiger partial charge in [0.25, 0.3) is 5.91 Å². The Morgan fingerprint density at radius 3 is 2.13 bits per heavy atom. The molecule has 0 aliphatic carbocycles. The Balaban J connectivity index is 1.78. The highest BCUT2D eigenvalue weighted by Crippen LogP contribution is 2.19. The first-order valence-corrected chi connectivity index (χ1v) is 11.6. The van der Waals surface area contributed by atoms with Crippen LogP contribution in [-0.4, -0.2) is 34.7 Å². The standard InChI is InChI=1S/C26H30N2O2S/c1-3-4-17-27(26(30)23-13-9-6-10-14-23)20-25(29)28(18-22-11-7-5-8-12-22)19-24-16-15-21(2)31-24/h5-16H,3-4,17-20H2,1-2H3. The summed E-state index contributed by atoms with van der Waals surface area (Å²) in [7, 11) is 0. The first-order chi connectivity index (χ1) is 15.1. The van der Waals surface area contributed by atoms with Crippen LogP contribution in [0.15, 0.2) is 72.8 Å². The zero-order valence-electron chi connectivity index (χ0n) is 18.3. The summed E-state index contributed by atoms with van der Waals surface area (Å²) in [5.41, 5.74) is 1.70. The van der Waals surface area contributed by atoms with Crippen LogP contribution in [0.2, 0.25) is 0 Å². The van der Waals surface area contributed by atoms with E-state index < -0.39 is 0 Å². The average Bonchev–Trinajstić information content (AvgIpc) is 3.21. The monoisotopic (exact) mass is 434 g/mol. The van der Waals surface area contributed by atoms with E-state index in [2.05, 4.69) is 26.0 Å². The number of nitrogens with zero attached hydrogens (tertiary/aromatic N) is 2. The Morgan fingerprint density at radius 1 is 0.839 bits per heavy atom. The average molecular weight is 435 g/mol. The fourth-order valence-corrected chi connectivity index (χ4v) is 4.33. The molecule has 0 aliphatic heterocycles. The third-order valence-corrected chi connectivity index (χ3v) is 6.11. The summed E-state index contributed by atoms with van der Waals surface area (Å²) >= 11 is 1.71. The number of unbranched alkanes of at least 4 members (excludes halogenated alkanes) is 1. The lowest BCUT2D eigenvalue weighted by molar-refractivity contribution is -0.133. The number of amides is 2. The lowest BCUT2D eigenvalue weighted by Crippen LogP contribution is -2.42. The van der Waals surface area contributed by atoms with Crippen molar-refractivity contribution >= 4 is 23.2 Å². The molecule has 5 heteroatoms. The van der Waals surface area contributed by atoms with Gasteiger partial charge in [0.2, 0.25) is 5.91 Å². The van der Waals surface area contributed by atoms with Crippen molar-refractivity contribution in [3.63, 3.8) is 0 Å². The van der Waals surface area contributed by atoms with Gasteiger partial charge in [0.05, 0.1) is 6.54 Å². The van der Waals surface area contributed by atoms with E-state index >= 15 is 0 Å². The molecule has 1 heterocycles. The Labute approximate surface area is 189 Å². The fraction of sp³-hybridized carbons (Fsp3) is 0.308.